The Morgan fingerprint density at radius 2 is 1.86 bits per heavy atom. The van der Waals surface area contributed by atoms with Gasteiger partial charge in [0.2, 0.25) is 5.91 Å². The molecule has 1 N–H and O–H groups in total. The van der Waals surface area contributed by atoms with Crippen LogP contribution >= 0.6 is 0 Å². The highest BCUT2D eigenvalue weighted by Crippen LogP contribution is 2.18. The van der Waals surface area contributed by atoms with E-state index in [1.807, 2.05) is 13.8 Å². The Morgan fingerprint density at radius 3 is 2.50 bits per heavy atom. The topological polar surface area (TPSA) is 50.8 Å². The highest BCUT2D eigenvalue weighted by Gasteiger charge is 2.20. The van der Waals surface area contributed by atoms with Gasteiger partial charge in [-0.1, -0.05) is 0 Å². The maximum atomic E-state index is 12.4. The van der Waals surface area contributed by atoms with E-state index < -0.39 is 0 Å². The van der Waals surface area contributed by atoms with Gasteiger partial charge in [0.05, 0.1) is 6.61 Å². The summed E-state index contributed by atoms with van der Waals surface area (Å²) in [4.78, 5) is 14.6. The van der Waals surface area contributed by atoms with E-state index in [9.17, 15) is 4.79 Å². The lowest BCUT2D eigenvalue weighted by Crippen LogP contribution is -2.40. The molecule has 0 bridgehead atoms. The van der Waals surface area contributed by atoms with E-state index in [1.54, 1.807) is 0 Å². The van der Waals surface area contributed by atoms with Gasteiger partial charge in [-0.25, -0.2) is 0 Å². The Morgan fingerprint density at radius 1 is 1.14 bits per heavy atom. The molecule has 0 spiro atoms. The summed E-state index contributed by atoms with van der Waals surface area (Å²) in [6, 6.07) is 0.251. The second-order valence-corrected chi connectivity index (χ2v) is 6.53. The first kappa shape index (κ1) is 17.3. The number of rotatable bonds is 5. The van der Waals surface area contributed by atoms with Gasteiger partial charge in [-0.05, 0) is 45.4 Å². The van der Waals surface area contributed by atoms with Gasteiger partial charge in [0.25, 0.3) is 0 Å². The minimum absolute atomic E-state index is 0.0520. The van der Waals surface area contributed by atoms with Gasteiger partial charge in [0.15, 0.2) is 0 Å². The fourth-order valence-corrected chi connectivity index (χ4v) is 3.06. The Labute approximate surface area is 134 Å². The molecule has 5 nitrogen and oxygen atoms in total. The maximum absolute atomic E-state index is 12.4. The maximum Gasteiger partial charge on any atom is 0.248 e. The van der Waals surface area contributed by atoms with Crippen molar-refractivity contribution in [1.82, 2.24) is 10.2 Å². The van der Waals surface area contributed by atoms with Crippen LogP contribution in [0.25, 0.3) is 0 Å². The predicted molar refractivity (Wildman–Crippen MR) is 86.5 cm³/mol. The van der Waals surface area contributed by atoms with Crippen LogP contribution in [0.2, 0.25) is 0 Å². The van der Waals surface area contributed by atoms with Crippen LogP contribution in [0.5, 0.6) is 0 Å². The third-order valence-electron chi connectivity index (χ3n) is 4.80. The van der Waals surface area contributed by atoms with Gasteiger partial charge in [0, 0.05) is 50.7 Å². The average molecular weight is 310 g/mol. The van der Waals surface area contributed by atoms with Gasteiger partial charge in [0.1, 0.15) is 0 Å². The summed E-state index contributed by atoms with van der Waals surface area (Å²) in [6.45, 7) is 8.11. The quantitative estimate of drug-likeness (QED) is 0.789. The van der Waals surface area contributed by atoms with E-state index in [2.05, 4.69) is 17.3 Å². The standard InChI is InChI=1S/C17H30N2O3/c1-13(17(20)18-16-6-9-21-10-7-16)14(2)19(3)11-15-5-4-8-22-12-15/h15-16H,4-12H2,1-3H3,(H,18,20). The molecular formula is C17H30N2O3. The molecule has 0 saturated carbocycles. The Bertz CT molecular complexity index is 397. The summed E-state index contributed by atoms with van der Waals surface area (Å²) >= 11 is 0. The molecule has 2 aliphatic heterocycles. The molecule has 22 heavy (non-hydrogen) atoms. The van der Waals surface area contributed by atoms with Crippen LogP contribution in [0.15, 0.2) is 11.3 Å². The molecule has 1 atom stereocenters. The monoisotopic (exact) mass is 310 g/mol. The fourth-order valence-electron chi connectivity index (χ4n) is 3.06. The van der Waals surface area contributed by atoms with Crippen LogP contribution < -0.4 is 5.32 Å². The molecular weight excluding hydrogens is 280 g/mol. The molecule has 1 unspecified atom stereocenters. The fraction of sp³-hybridized carbons (Fsp3) is 0.824. The summed E-state index contributed by atoms with van der Waals surface area (Å²) in [5, 5.41) is 3.13. The van der Waals surface area contributed by atoms with Crippen molar-refractivity contribution in [3.8, 4) is 0 Å². The van der Waals surface area contributed by atoms with Crippen molar-refractivity contribution >= 4 is 5.91 Å². The average Bonchev–Trinajstić information content (AvgIpc) is 2.55. The van der Waals surface area contributed by atoms with E-state index in [-0.39, 0.29) is 11.9 Å². The first-order valence-corrected chi connectivity index (χ1v) is 8.43. The molecule has 0 aromatic rings. The number of carbonyl (C=O) groups is 1. The van der Waals surface area contributed by atoms with E-state index in [0.29, 0.717) is 5.92 Å². The molecule has 1 amide bonds. The van der Waals surface area contributed by atoms with E-state index in [0.717, 1.165) is 63.5 Å². The number of amides is 1. The van der Waals surface area contributed by atoms with Crippen molar-refractivity contribution in [2.45, 2.75) is 45.6 Å². The smallest absolute Gasteiger partial charge is 0.248 e. The highest BCUT2D eigenvalue weighted by atomic mass is 16.5. The largest absolute Gasteiger partial charge is 0.381 e. The Balaban J connectivity index is 1.86. The molecule has 5 heteroatoms. The number of hydrogen-bond donors (Lipinski definition) is 1. The lowest BCUT2D eigenvalue weighted by molar-refractivity contribution is -0.118. The molecule has 2 fully saturated rings. The third kappa shape index (κ3) is 4.99. The Hall–Kier alpha value is -1.07. The second-order valence-electron chi connectivity index (χ2n) is 6.53. The zero-order valence-electron chi connectivity index (χ0n) is 14.2. The number of nitrogens with zero attached hydrogens (tertiary/aromatic N) is 1. The van der Waals surface area contributed by atoms with Crippen molar-refractivity contribution in [2.24, 2.45) is 5.92 Å². The van der Waals surface area contributed by atoms with Gasteiger partial charge in [-0.15, -0.1) is 0 Å². The molecule has 0 aromatic heterocycles. The minimum Gasteiger partial charge on any atom is -0.381 e. The zero-order chi connectivity index (χ0) is 15.9. The van der Waals surface area contributed by atoms with Crippen LogP contribution in [-0.4, -0.2) is 56.9 Å². The van der Waals surface area contributed by atoms with Crippen LogP contribution in [0.1, 0.15) is 39.5 Å². The van der Waals surface area contributed by atoms with Crippen LogP contribution in [0.4, 0.5) is 0 Å². The summed E-state index contributed by atoms with van der Waals surface area (Å²) in [6.07, 6.45) is 4.18. The molecule has 126 valence electrons. The third-order valence-corrected chi connectivity index (χ3v) is 4.80. The first-order chi connectivity index (χ1) is 10.6. The highest BCUT2D eigenvalue weighted by molar-refractivity contribution is 5.93. The van der Waals surface area contributed by atoms with Crippen LogP contribution in [0.3, 0.4) is 0 Å². The molecule has 2 heterocycles. The number of allylic oxidation sites excluding steroid dienone is 1. The van der Waals surface area contributed by atoms with E-state index in [4.69, 9.17) is 9.47 Å². The van der Waals surface area contributed by atoms with Crippen molar-refractivity contribution < 1.29 is 14.3 Å². The van der Waals surface area contributed by atoms with E-state index >= 15 is 0 Å². The predicted octanol–water partition coefficient (Wildman–Crippen LogP) is 1.93. The molecule has 0 radical (unpaired) electrons. The van der Waals surface area contributed by atoms with Gasteiger partial charge in [-0.2, -0.15) is 0 Å². The number of hydrogen-bond acceptors (Lipinski definition) is 4. The summed E-state index contributed by atoms with van der Waals surface area (Å²) in [5.74, 6) is 0.621. The molecule has 2 saturated heterocycles. The molecule has 2 aliphatic rings. The Kier molecular flexibility index (Phi) is 6.70. The van der Waals surface area contributed by atoms with Gasteiger partial charge >= 0.3 is 0 Å². The number of ether oxygens (including phenoxy) is 2. The second kappa shape index (κ2) is 8.53. The summed E-state index contributed by atoms with van der Waals surface area (Å²) in [5.41, 5.74) is 1.86. The summed E-state index contributed by atoms with van der Waals surface area (Å²) < 4.78 is 10.9. The minimum atomic E-state index is 0.0520. The van der Waals surface area contributed by atoms with Crippen molar-refractivity contribution in [1.29, 1.82) is 0 Å². The van der Waals surface area contributed by atoms with E-state index in [1.165, 1.54) is 6.42 Å². The number of nitrogens with one attached hydrogen (secondary N) is 1. The normalized spacial score (nSPS) is 24.6. The summed E-state index contributed by atoms with van der Waals surface area (Å²) in [7, 11) is 2.06. The van der Waals surface area contributed by atoms with Crippen LogP contribution in [-0.2, 0) is 14.3 Å². The molecule has 2 rings (SSSR count). The lowest BCUT2D eigenvalue weighted by Gasteiger charge is -2.30. The SMILES string of the molecule is CC(C(=O)NC1CCOCC1)=C(C)N(C)CC1CCCOC1. The zero-order valence-corrected chi connectivity index (χ0v) is 14.2. The van der Waals surface area contributed by atoms with Gasteiger partial charge in [-0.3, -0.25) is 4.79 Å². The molecule has 0 aliphatic carbocycles. The van der Waals surface area contributed by atoms with Gasteiger partial charge < -0.3 is 19.7 Å². The lowest BCUT2D eigenvalue weighted by atomic mass is 10.0. The molecule has 0 aromatic carbocycles. The number of carbonyl (C=O) groups excluding carboxylic acids is 1. The van der Waals surface area contributed by atoms with Crippen molar-refractivity contribution in [3.63, 3.8) is 0 Å². The first-order valence-electron chi connectivity index (χ1n) is 8.43. The van der Waals surface area contributed by atoms with Crippen molar-refractivity contribution in [2.75, 3.05) is 40.0 Å². The van der Waals surface area contributed by atoms with Crippen molar-refractivity contribution in [3.05, 3.63) is 11.3 Å². The van der Waals surface area contributed by atoms with Crippen LogP contribution in [0, 0.1) is 5.92 Å².